The molecule has 2 aromatic heterocycles. The van der Waals surface area contributed by atoms with Crippen LogP contribution in [0.25, 0.3) is 9.75 Å². The molecule has 162 valence electrons. The number of thiophene rings is 2. The van der Waals surface area contributed by atoms with Crippen LogP contribution >= 0.6 is 38.6 Å². The minimum absolute atomic E-state index is 0.864. The maximum absolute atomic E-state index is 11.4. The van der Waals surface area contributed by atoms with E-state index in [1.54, 1.807) is 11.3 Å². The summed E-state index contributed by atoms with van der Waals surface area (Å²) in [7, 11) is 0. The molecule has 2 rings (SSSR count). The van der Waals surface area contributed by atoms with Crippen molar-refractivity contribution >= 4 is 44.9 Å². The summed E-state index contributed by atoms with van der Waals surface area (Å²) in [5, 5.41) is 0. The summed E-state index contributed by atoms with van der Waals surface area (Å²) in [4.78, 5) is 14.9. The van der Waals surface area contributed by atoms with Crippen molar-refractivity contribution in [3.05, 3.63) is 31.9 Å². The third-order valence-corrected chi connectivity index (χ3v) is 8.77. The summed E-state index contributed by atoms with van der Waals surface area (Å²) in [6.07, 6.45) is 19.1. The van der Waals surface area contributed by atoms with Crippen LogP contribution in [0.1, 0.15) is 112 Å². The number of carbonyl (C=O) groups is 1. The number of hydrogen-bond donors (Lipinski definition) is 0. The van der Waals surface area contributed by atoms with E-state index in [0.717, 1.165) is 24.0 Å². The van der Waals surface area contributed by atoms with Crippen molar-refractivity contribution in [1.29, 1.82) is 0 Å². The van der Waals surface area contributed by atoms with Gasteiger partial charge in [-0.15, -0.1) is 22.7 Å². The highest BCUT2D eigenvalue weighted by atomic mass is 79.9. The lowest BCUT2D eigenvalue weighted by Crippen LogP contribution is -1.87. The van der Waals surface area contributed by atoms with E-state index < -0.39 is 0 Å². The molecule has 0 unspecified atom stereocenters. The molecule has 0 aliphatic heterocycles. The molecule has 0 N–H and O–H groups in total. The Kier molecular flexibility index (Phi) is 12.4. The molecule has 2 heterocycles. The predicted molar refractivity (Wildman–Crippen MR) is 135 cm³/mol. The second-order valence-corrected chi connectivity index (χ2v) is 11.5. The Bertz CT molecular complexity index is 716. The van der Waals surface area contributed by atoms with Crippen molar-refractivity contribution in [3.8, 4) is 9.75 Å². The van der Waals surface area contributed by atoms with Crippen LogP contribution in [-0.4, -0.2) is 6.29 Å². The van der Waals surface area contributed by atoms with Crippen LogP contribution in [0.5, 0.6) is 0 Å². The van der Waals surface area contributed by atoms with Crippen LogP contribution in [0.15, 0.2) is 15.9 Å². The zero-order chi connectivity index (χ0) is 20.9. The van der Waals surface area contributed by atoms with Crippen molar-refractivity contribution in [2.75, 3.05) is 0 Å². The lowest BCUT2D eigenvalue weighted by Gasteiger charge is -2.03. The molecule has 29 heavy (non-hydrogen) atoms. The van der Waals surface area contributed by atoms with Gasteiger partial charge in [0.25, 0.3) is 0 Å². The van der Waals surface area contributed by atoms with E-state index in [0.29, 0.717) is 0 Å². The fourth-order valence-electron chi connectivity index (χ4n) is 3.78. The summed E-state index contributed by atoms with van der Waals surface area (Å²) in [5.41, 5.74) is 2.81. The highest BCUT2D eigenvalue weighted by Crippen LogP contribution is 2.41. The first kappa shape index (κ1) is 24.8. The summed E-state index contributed by atoms with van der Waals surface area (Å²) < 4.78 is 1.27. The number of aryl methyl sites for hydroxylation is 2. The van der Waals surface area contributed by atoms with Gasteiger partial charge < -0.3 is 0 Å². The zero-order valence-corrected chi connectivity index (χ0v) is 21.5. The van der Waals surface area contributed by atoms with Gasteiger partial charge in [-0.05, 0) is 64.9 Å². The third-order valence-electron chi connectivity index (χ3n) is 5.52. The van der Waals surface area contributed by atoms with E-state index in [9.17, 15) is 4.79 Å². The average Bonchev–Trinajstić information content (AvgIpc) is 3.30. The molecule has 0 atom stereocenters. The van der Waals surface area contributed by atoms with Gasteiger partial charge in [0, 0.05) is 9.75 Å². The Hall–Kier alpha value is -0.450. The van der Waals surface area contributed by atoms with Crippen LogP contribution in [0.3, 0.4) is 0 Å². The second-order valence-electron chi connectivity index (χ2n) is 8.07. The first-order valence-corrected chi connectivity index (χ1v) is 14.0. The molecular formula is C25H37BrOS2. The number of unbranched alkanes of at least 4 members (excludes halogenated alkanes) is 10. The third kappa shape index (κ3) is 8.67. The SMILES string of the molecule is CCCCCCCCc1cc(-c2sc(C=O)cc2CCCCCCCC)sc1Br. The van der Waals surface area contributed by atoms with Crippen LogP contribution < -0.4 is 0 Å². The van der Waals surface area contributed by atoms with Crippen molar-refractivity contribution < 1.29 is 4.79 Å². The Morgan fingerprint density at radius 1 is 0.759 bits per heavy atom. The van der Waals surface area contributed by atoms with Crippen molar-refractivity contribution in [2.24, 2.45) is 0 Å². The van der Waals surface area contributed by atoms with Gasteiger partial charge in [0.15, 0.2) is 6.29 Å². The smallest absolute Gasteiger partial charge is 0.160 e. The predicted octanol–water partition coefficient (Wildman–Crippen LogP) is 9.86. The van der Waals surface area contributed by atoms with E-state index in [4.69, 9.17) is 0 Å². The molecule has 0 spiro atoms. The molecule has 0 aromatic carbocycles. The van der Waals surface area contributed by atoms with E-state index in [1.165, 1.54) is 102 Å². The van der Waals surface area contributed by atoms with Gasteiger partial charge in [-0.2, -0.15) is 0 Å². The molecular weight excluding hydrogens is 460 g/mol. The maximum Gasteiger partial charge on any atom is 0.160 e. The second kappa shape index (κ2) is 14.5. The number of halogens is 1. The quantitative estimate of drug-likeness (QED) is 0.167. The van der Waals surface area contributed by atoms with Gasteiger partial charge in [-0.25, -0.2) is 0 Å². The molecule has 0 aliphatic carbocycles. The van der Waals surface area contributed by atoms with E-state index in [1.807, 2.05) is 11.3 Å². The lowest BCUT2D eigenvalue weighted by atomic mass is 10.0. The van der Waals surface area contributed by atoms with E-state index in [-0.39, 0.29) is 0 Å². The standard InChI is InChI=1S/C25H37BrOS2/c1-3-5-7-9-11-13-15-20-17-22(19-27)28-24(20)23-18-21(25(26)29-23)16-14-12-10-8-6-4-2/h17-19H,3-16H2,1-2H3. The zero-order valence-electron chi connectivity index (χ0n) is 18.2. The van der Waals surface area contributed by atoms with Crippen molar-refractivity contribution in [3.63, 3.8) is 0 Å². The maximum atomic E-state index is 11.4. The number of hydrogen-bond acceptors (Lipinski definition) is 3. The van der Waals surface area contributed by atoms with E-state index >= 15 is 0 Å². The van der Waals surface area contributed by atoms with Gasteiger partial charge in [0.1, 0.15) is 0 Å². The fourth-order valence-corrected chi connectivity index (χ4v) is 6.72. The van der Waals surface area contributed by atoms with Gasteiger partial charge in [0.2, 0.25) is 0 Å². The topological polar surface area (TPSA) is 17.1 Å². The Balaban J connectivity index is 1.94. The molecule has 0 radical (unpaired) electrons. The average molecular weight is 498 g/mol. The van der Waals surface area contributed by atoms with E-state index in [2.05, 4.69) is 41.9 Å². The number of aldehydes is 1. The monoisotopic (exact) mass is 496 g/mol. The Morgan fingerprint density at radius 2 is 1.31 bits per heavy atom. The van der Waals surface area contributed by atoms with Gasteiger partial charge in [-0.3, -0.25) is 4.79 Å². The Labute approximate surface area is 194 Å². The minimum Gasteiger partial charge on any atom is -0.297 e. The number of rotatable bonds is 16. The minimum atomic E-state index is 0.864. The summed E-state index contributed by atoms with van der Waals surface area (Å²) >= 11 is 7.30. The first-order chi connectivity index (χ1) is 14.2. The normalized spacial score (nSPS) is 11.3. The highest BCUT2D eigenvalue weighted by Gasteiger charge is 2.15. The van der Waals surface area contributed by atoms with Crippen LogP contribution in [0, 0.1) is 0 Å². The molecule has 0 fully saturated rings. The molecule has 4 heteroatoms. The molecule has 0 aliphatic rings. The van der Waals surface area contributed by atoms with Gasteiger partial charge in [-0.1, -0.05) is 78.1 Å². The van der Waals surface area contributed by atoms with Gasteiger partial charge in [0.05, 0.1) is 8.66 Å². The van der Waals surface area contributed by atoms with Crippen molar-refractivity contribution in [2.45, 2.75) is 104 Å². The van der Waals surface area contributed by atoms with Gasteiger partial charge >= 0.3 is 0 Å². The first-order valence-electron chi connectivity index (χ1n) is 11.6. The summed E-state index contributed by atoms with van der Waals surface area (Å²) in [6, 6.07) is 4.49. The van der Waals surface area contributed by atoms with Crippen LogP contribution in [0.4, 0.5) is 0 Å². The summed E-state index contributed by atoms with van der Waals surface area (Å²) in [6.45, 7) is 4.53. The summed E-state index contributed by atoms with van der Waals surface area (Å²) in [5.74, 6) is 0. The largest absolute Gasteiger partial charge is 0.297 e. The molecule has 0 amide bonds. The Morgan fingerprint density at radius 3 is 1.90 bits per heavy atom. The molecule has 0 bridgehead atoms. The molecule has 2 aromatic rings. The van der Waals surface area contributed by atoms with Crippen molar-refractivity contribution in [1.82, 2.24) is 0 Å². The lowest BCUT2D eigenvalue weighted by molar-refractivity contribution is 0.112. The molecule has 0 saturated carbocycles. The van der Waals surface area contributed by atoms with Crippen LogP contribution in [-0.2, 0) is 12.8 Å². The fraction of sp³-hybridized carbons (Fsp3) is 0.640. The molecule has 1 nitrogen and oxygen atoms in total. The van der Waals surface area contributed by atoms with Crippen LogP contribution in [0.2, 0.25) is 0 Å². The molecule has 0 saturated heterocycles. The number of carbonyl (C=O) groups excluding carboxylic acids is 1. The highest BCUT2D eigenvalue weighted by molar-refractivity contribution is 9.11.